The minimum Gasteiger partial charge on any atom is -0.351 e. The number of urea groups is 1. The SMILES string of the molecule is CC(C(=O)NC(N)=O)n1cnc2cc(F)c(F)cc21. The lowest BCUT2D eigenvalue weighted by atomic mass is 10.2. The molecule has 0 aliphatic heterocycles. The number of hydrogen-bond acceptors (Lipinski definition) is 3. The van der Waals surface area contributed by atoms with Gasteiger partial charge >= 0.3 is 6.03 Å². The molecule has 0 spiro atoms. The molecule has 1 heterocycles. The van der Waals surface area contributed by atoms with Gasteiger partial charge < -0.3 is 10.3 Å². The normalized spacial score (nSPS) is 12.4. The molecule has 3 N–H and O–H groups in total. The van der Waals surface area contributed by atoms with E-state index in [2.05, 4.69) is 4.98 Å². The molecule has 2 aromatic rings. The van der Waals surface area contributed by atoms with Crippen LogP contribution in [0.4, 0.5) is 13.6 Å². The van der Waals surface area contributed by atoms with Crippen LogP contribution < -0.4 is 11.1 Å². The third-order valence-corrected chi connectivity index (χ3v) is 2.66. The van der Waals surface area contributed by atoms with E-state index in [1.807, 2.05) is 5.32 Å². The Hall–Kier alpha value is -2.51. The zero-order valence-electron chi connectivity index (χ0n) is 9.85. The van der Waals surface area contributed by atoms with Gasteiger partial charge in [0.2, 0.25) is 0 Å². The molecule has 6 nitrogen and oxygen atoms in total. The molecule has 0 saturated heterocycles. The van der Waals surface area contributed by atoms with Gasteiger partial charge in [-0.2, -0.15) is 0 Å². The molecule has 2 rings (SSSR count). The van der Waals surface area contributed by atoms with Crippen LogP contribution in [0.5, 0.6) is 0 Å². The Morgan fingerprint density at radius 3 is 2.63 bits per heavy atom. The fraction of sp³-hybridized carbons (Fsp3) is 0.182. The number of aromatic nitrogens is 2. The predicted molar refractivity (Wildman–Crippen MR) is 62.1 cm³/mol. The third kappa shape index (κ3) is 2.37. The van der Waals surface area contributed by atoms with Crippen LogP contribution in [0.15, 0.2) is 18.5 Å². The lowest BCUT2D eigenvalue weighted by Crippen LogP contribution is -2.39. The van der Waals surface area contributed by atoms with Crippen LogP contribution in [0.1, 0.15) is 13.0 Å². The molecule has 1 unspecified atom stereocenters. The van der Waals surface area contributed by atoms with Crippen molar-refractivity contribution < 1.29 is 18.4 Å². The van der Waals surface area contributed by atoms with Gasteiger partial charge in [-0.05, 0) is 6.92 Å². The number of fused-ring (bicyclic) bond motifs is 1. The zero-order valence-corrected chi connectivity index (χ0v) is 9.85. The fourth-order valence-electron chi connectivity index (χ4n) is 1.68. The van der Waals surface area contributed by atoms with Crippen molar-refractivity contribution in [1.82, 2.24) is 14.9 Å². The van der Waals surface area contributed by atoms with Gasteiger partial charge in [0.15, 0.2) is 11.6 Å². The number of carbonyl (C=O) groups is 2. The Labute approximate surface area is 106 Å². The topological polar surface area (TPSA) is 90.0 Å². The molecule has 0 fully saturated rings. The maximum absolute atomic E-state index is 13.2. The summed E-state index contributed by atoms with van der Waals surface area (Å²) in [5.74, 6) is -2.74. The van der Waals surface area contributed by atoms with Gasteiger partial charge in [0.25, 0.3) is 5.91 Å². The van der Waals surface area contributed by atoms with Gasteiger partial charge in [0.05, 0.1) is 17.4 Å². The van der Waals surface area contributed by atoms with Crippen LogP contribution in [0.2, 0.25) is 0 Å². The van der Waals surface area contributed by atoms with Crippen molar-refractivity contribution in [2.75, 3.05) is 0 Å². The number of hydrogen-bond donors (Lipinski definition) is 2. The van der Waals surface area contributed by atoms with Crippen molar-refractivity contribution in [1.29, 1.82) is 0 Å². The van der Waals surface area contributed by atoms with E-state index < -0.39 is 29.6 Å². The molecule has 0 saturated carbocycles. The van der Waals surface area contributed by atoms with Crippen LogP contribution in [0.3, 0.4) is 0 Å². The summed E-state index contributed by atoms with van der Waals surface area (Å²) < 4.78 is 27.5. The first-order valence-electron chi connectivity index (χ1n) is 5.32. The Morgan fingerprint density at radius 1 is 1.37 bits per heavy atom. The Morgan fingerprint density at radius 2 is 2.00 bits per heavy atom. The highest BCUT2D eigenvalue weighted by atomic mass is 19.2. The second-order valence-corrected chi connectivity index (χ2v) is 3.94. The molecule has 3 amide bonds. The molecule has 0 radical (unpaired) electrons. The van der Waals surface area contributed by atoms with Crippen LogP contribution in [0, 0.1) is 11.6 Å². The first-order valence-corrected chi connectivity index (χ1v) is 5.32. The van der Waals surface area contributed by atoms with E-state index in [1.54, 1.807) is 0 Å². The molecule has 19 heavy (non-hydrogen) atoms. The van der Waals surface area contributed by atoms with Crippen LogP contribution in [0.25, 0.3) is 11.0 Å². The van der Waals surface area contributed by atoms with E-state index in [0.29, 0.717) is 0 Å². The fourth-order valence-corrected chi connectivity index (χ4v) is 1.68. The summed E-state index contributed by atoms with van der Waals surface area (Å²) in [6, 6.07) is 0.0341. The summed E-state index contributed by atoms with van der Waals surface area (Å²) in [4.78, 5) is 26.1. The van der Waals surface area contributed by atoms with Crippen molar-refractivity contribution in [2.45, 2.75) is 13.0 Å². The molecular weight excluding hydrogens is 258 g/mol. The average molecular weight is 268 g/mol. The maximum Gasteiger partial charge on any atom is 0.318 e. The van der Waals surface area contributed by atoms with E-state index in [-0.39, 0.29) is 11.0 Å². The minimum absolute atomic E-state index is 0.206. The van der Waals surface area contributed by atoms with Gasteiger partial charge in [0.1, 0.15) is 6.04 Å². The number of nitrogens with one attached hydrogen (secondary N) is 1. The summed E-state index contributed by atoms with van der Waals surface area (Å²) in [6.07, 6.45) is 1.26. The number of amides is 3. The number of rotatable bonds is 2. The molecule has 0 aliphatic rings. The molecule has 1 aromatic carbocycles. The monoisotopic (exact) mass is 268 g/mol. The van der Waals surface area contributed by atoms with Gasteiger partial charge in [-0.3, -0.25) is 10.1 Å². The molecule has 0 bridgehead atoms. The van der Waals surface area contributed by atoms with E-state index in [1.165, 1.54) is 17.8 Å². The summed E-state index contributed by atoms with van der Waals surface area (Å²) in [5.41, 5.74) is 5.28. The van der Waals surface area contributed by atoms with Crippen molar-refractivity contribution in [3.63, 3.8) is 0 Å². The molecule has 1 atom stereocenters. The lowest BCUT2D eigenvalue weighted by Gasteiger charge is -2.12. The molecular formula is C11H10F2N4O2. The first kappa shape index (κ1) is 12.9. The van der Waals surface area contributed by atoms with Gasteiger partial charge in [-0.15, -0.1) is 0 Å². The van der Waals surface area contributed by atoms with Crippen molar-refractivity contribution >= 4 is 23.0 Å². The third-order valence-electron chi connectivity index (χ3n) is 2.66. The van der Waals surface area contributed by atoms with E-state index >= 15 is 0 Å². The van der Waals surface area contributed by atoms with Crippen LogP contribution in [-0.4, -0.2) is 21.5 Å². The van der Waals surface area contributed by atoms with E-state index in [4.69, 9.17) is 5.73 Å². The Bertz CT molecular complexity index is 668. The number of benzene rings is 1. The van der Waals surface area contributed by atoms with Crippen molar-refractivity contribution in [3.05, 3.63) is 30.1 Å². The molecule has 8 heteroatoms. The van der Waals surface area contributed by atoms with Gasteiger partial charge in [-0.1, -0.05) is 0 Å². The Balaban J connectivity index is 2.43. The first-order chi connectivity index (χ1) is 8.90. The largest absolute Gasteiger partial charge is 0.351 e. The average Bonchev–Trinajstić information content (AvgIpc) is 2.70. The quantitative estimate of drug-likeness (QED) is 0.853. The van der Waals surface area contributed by atoms with E-state index in [9.17, 15) is 18.4 Å². The van der Waals surface area contributed by atoms with Crippen LogP contribution in [-0.2, 0) is 4.79 Å². The lowest BCUT2D eigenvalue weighted by molar-refractivity contribution is -0.122. The number of nitrogens with zero attached hydrogens (tertiary/aromatic N) is 2. The Kier molecular flexibility index (Phi) is 3.16. The molecule has 0 aliphatic carbocycles. The standard InChI is InChI=1S/C11H10F2N4O2/c1-5(10(18)16-11(14)19)17-4-15-8-2-6(12)7(13)3-9(8)17/h2-5H,1H3,(H3,14,16,18,19). The van der Waals surface area contributed by atoms with Crippen LogP contribution >= 0.6 is 0 Å². The highest BCUT2D eigenvalue weighted by Crippen LogP contribution is 2.20. The summed E-state index contributed by atoms with van der Waals surface area (Å²) in [6.45, 7) is 1.47. The molecule has 100 valence electrons. The minimum atomic E-state index is -1.04. The van der Waals surface area contributed by atoms with Gasteiger partial charge in [-0.25, -0.2) is 18.6 Å². The highest BCUT2D eigenvalue weighted by Gasteiger charge is 2.19. The summed E-state index contributed by atoms with van der Waals surface area (Å²) >= 11 is 0. The molecule has 1 aromatic heterocycles. The maximum atomic E-state index is 13.2. The number of imide groups is 1. The summed E-state index contributed by atoms with van der Waals surface area (Å²) in [5, 5.41) is 1.91. The predicted octanol–water partition coefficient (Wildman–Crippen LogP) is 1.07. The smallest absolute Gasteiger partial charge is 0.318 e. The number of carbonyl (C=O) groups excluding carboxylic acids is 2. The second kappa shape index (κ2) is 4.63. The number of nitrogens with two attached hydrogens (primary N) is 1. The highest BCUT2D eigenvalue weighted by molar-refractivity contribution is 5.96. The number of imidazole rings is 1. The number of primary amides is 1. The van der Waals surface area contributed by atoms with E-state index in [0.717, 1.165) is 12.1 Å². The zero-order chi connectivity index (χ0) is 14.2. The summed E-state index contributed by atoms with van der Waals surface area (Å²) in [7, 11) is 0. The number of halogens is 2. The van der Waals surface area contributed by atoms with Gasteiger partial charge in [0, 0.05) is 12.1 Å². The van der Waals surface area contributed by atoms with Crippen molar-refractivity contribution in [2.24, 2.45) is 5.73 Å². The second-order valence-electron chi connectivity index (χ2n) is 3.94. The van der Waals surface area contributed by atoms with Crippen molar-refractivity contribution in [3.8, 4) is 0 Å².